The Morgan fingerprint density at radius 1 is 1.31 bits per heavy atom. The maximum absolute atomic E-state index is 12.7. The Hall–Kier alpha value is -2.41. The summed E-state index contributed by atoms with van der Waals surface area (Å²) in [5.74, 6) is 0.939. The predicted octanol–water partition coefficient (Wildman–Crippen LogP) is 2.73. The number of oxazole rings is 1. The van der Waals surface area contributed by atoms with E-state index in [0.29, 0.717) is 24.3 Å². The molecule has 1 fully saturated rings. The third-order valence-electron chi connectivity index (χ3n) is 6.28. The summed E-state index contributed by atoms with van der Waals surface area (Å²) < 4.78 is 7.07. The maximum atomic E-state index is 12.7. The van der Waals surface area contributed by atoms with Gasteiger partial charge in [-0.05, 0) is 31.4 Å². The summed E-state index contributed by atoms with van der Waals surface area (Å²) in [6.45, 7) is 7.45. The normalized spacial score (nSPS) is 23.6. The van der Waals surface area contributed by atoms with Crippen molar-refractivity contribution < 1.29 is 9.21 Å². The van der Waals surface area contributed by atoms with Gasteiger partial charge in [-0.15, -0.1) is 0 Å². The number of nitrogens with one attached hydrogen (secondary N) is 1. The first-order valence-corrected chi connectivity index (χ1v) is 10.7. The molecule has 7 nitrogen and oxygen atoms in total. The molecule has 1 N–H and O–H groups in total. The zero-order chi connectivity index (χ0) is 20.4. The summed E-state index contributed by atoms with van der Waals surface area (Å²) in [5.41, 5.74) is 1.40. The van der Waals surface area contributed by atoms with Crippen molar-refractivity contribution in [3.63, 3.8) is 0 Å². The van der Waals surface area contributed by atoms with Crippen LogP contribution in [0.25, 0.3) is 0 Å². The number of hydrogen-bond donors (Lipinski definition) is 1. The minimum absolute atomic E-state index is 0.0214. The number of unbranched alkanes of at least 4 members (excludes halogenated alkanes) is 2. The zero-order valence-electron chi connectivity index (χ0n) is 17.3. The van der Waals surface area contributed by atoms with Crippen LogP contribution in [0.2, 0.25) is 0 Å². The summed E-state index contributed by atoms with van der Waals surface area (Å²) in [4.78, 5) is 31.8. The summed E-state index contributed by atoms with van der Waals surface area (Å²) in [6.07, 6.45) is 6.12. The molecule has 0 aliphatic carbocycles. The number of carbonyl (C=O) groups excluding carboxylic acids is 1. The summed E-state index contributed by atoms with van der Waals surface area (Å²) in [5, 5.41) is 2.98. The van der Waals surface area contributed by atoms with Gasteiger partial charge in [0.2, 0.25) is 0 Å². The molecule has 2 aromatic rings. The minimum Gasteiger partial charge on any atom is -0.448 e. The van der Waals surface area contributed by atoms with E-state index >= 15 is 0 Å². The summed E-state index contributed by atoms with van der Waals surface area (Å²) >= 11 is 0. The van der Waals surface area contributed by atoms with E-state index in [1.807, 2.05) is 10.6 Å². The first-order valence-electron chi connectivity index (χ1n) is 10.7. The molecule has 2 aliphatic rings. The second-order valence-corrected chi connectivity index (χ2v) is 8.35. The highest BCUT2D eigenvalue weighted by molar-refractivity contribution is 5.91. The van der Waals surface area contributed by atoms with E-state index in [1.54, 1.807) is 13.0 Å². The molecule has 0 saturated carbocycles. The average molecular weight is 399 g/mol. The number of piperidine rings is 1. The number of likely N-dealkylation sites (tertiary alicyclic amines) is 1. The summed E-state index contributed by atoms with van der Waals surface area (Å²) in [6, 6.07) is 5.52. The topological polar surface area (TPSA) is 80.4 Å². The van der Waals surface area contributed by atoms with Crippen molar-refractivity contribution in [3.05, 3.63) is 52.1 Å². The van der Waals surface area contributed by atoms with Gasteiger partial charge in [0, 0.05) is 44.2 Å². The molecule has 1 saturated heterocycles. The van der Waals surface area contributed by atoms with Crippen LogP contribution in [0.4, 0.5) is 0 Å². The molecule has 0 aromatic carbocycles. The minimum atomic E-state index is -0.259. The van der Waals surface area contributed by atoms with Gasteiger partial charge in [-0.2, -0.15) is 0 Å². The van der Waals surface area contributed by atoms with E-state index in [0.717, 1.165) is 31.7 Å². The van der Waals surface area contributed by atoms with Gasteiger partial charge < -0.3 is 19.2 Å². The highest BCUT2D eigenvalue weighted by Crippen LogP contribution is 2.40. The molecule has 0 spiro atoms. The van der Waals surface area contributed by atoms with Gasteiger partial charge >= 0.3 is 0 Å². The maximum Gasteiger partial charge on any atom is 0.273 e. The van der Waals surface area contributed by atoms with Crippen LogP contribution in [0.15, 0.2) is 33.7 Å². The molecule has 0 radical (unpaired) electrons. The number of rotatable bonds is 7. The number of carbonyl (C=O) groups is 1. The third-order valence-corrected chi connectivity index (χ3v) is 6.28. The number of pyridine rings is 1. The predicted molar refractivity (Wildman–Crippen MR) is 110 cm³/mol. The van der Waals surface area contributed by atoms with Gasteiger partial charge in [0.15, 0.2) is 11.6 Å². The largest absolute Gasteiger partial charge is 0.448 e. The molecule has 2 aliphatic heterocycles. The van der Waals surface area contributed by atoms with Crippen molar-refractivity contribution in [3.8, 4) is 0 Å². The van der Waals surface area contributed by atoms with Gasteiger partial charge in [-0.25, -0.2) is 4.98 Å². The summed E-state index contributed by atoms with van der Waals surface area (Å²) in [7, 11) is 0. The first-order chi connectivity index (χ1) is 14.1. The monoisotopic (exact) mass is 398 g/mol. The van der Waals surface area contributed by atoms with E-state index in [4.69, 9.17) is 4.42 Å². The van der Waals surface area contributed by atoms with Crippen molar-refractivity contribution >= 4 is 5.91 Å². The van der Waals surface area contributed by atoms with Crippen LogP contribution in [-0.2, 0) is 0 Å². The molecule has 4 rings (SSSR count). The molecule has 3 atom stereocenters. The number of amides is 1. The Balaban J connectivity index is 1.54. The van der Waals surface area contributed by atoms with E-state index in [9.17, 15) is 9.59 Å². The van der Waals surface area contributed by atoms with Crippen LogP contribution in [0, 0.1) is 12.8 Å². The second-order valence-electron chi connectivity index (χ2n) is 8.35. The molecule has 29 heavy (non-hydrogen) atoms. The lowest BCUT2D eigenvalue weighted by Crippen LogP contribution is -2.52. The molecule has 1 amide bonds. The van der Waals surface area contributed by atoms with E-state index in [1.165, 1.54) is 25.5 Å². The van der Waals surface area contributed by atoms with E-state index in [2.05, 4.69) is 28.2 Å². The Labute approximate surface area is 171 Å². The van der Waals surface area contributed by atoms with Crippen LogP contribution in [0.5, 0.6) is 0 Å². The van der Waals surface area contributed by atoms with Crippen LogP contribution < -0.4 is 10.9 Å². The molecule has 4 heterocycles. The van der Waals surface area contributed by atoms with E-state index in [-0.39, 0.29) is 23.2 Å². The van der Waals surface area contributed by atoms with Crippen molar-refractivity contribution in [1.82, 2.24) is 19.8 Å². The first kappa shape index (κ1) is 19.9. The molecule has 7 heteroatoms. The molecule has 2 bridgehead atoms. The highest BCUT2D eigenvalue weighted by atomic mass is 16.3. The van der Waals surface area contributed by atoms with Crippen LogP contribution >= 0.6 is 0 Å². The van der Waals surface area contributed by atoms with Crippen molar-refractivity contribution in [2.45, 2.75) is 51.5 Å². The lowest BCUT2D eigenvalue weighted by molar-refractivity contribution is 0.0810. The average Bonchev–Trinajstić information content (AvgIpc) is 3.15. The number of nitrogens with zero attached hydrogens (tertiary/aromatic N) is 3. The fourth-order valence-electron chi connectivity index (χ4n) is 4.92. The quantitative estimate of drug-likeness (QED) is 0.726. The number of fused-ring (bicyclic) bond motifs is 4. The lowest BCUT2D eigenvalue weighted by Gasteiger charge is -2.47. The second kappa shape index (κ2) is 8.53. The van der Waals surface area contributed by atoms with Crippen molar-refractivity contribution in [1.29, 1.82) is 0 Å². The Kier molecular flexibility index (Phi) is 5.85. The number of aryl methyl sites for hydroxylation is 1. The van der Waals surface area contributed by atoms with Gasteiger partial charge in [-0.3, -0.25) is 9.59 Å². The van der Waals surface area contributed by atoms with Crippen molar-refractivity contribution in [2.24, 2.45) is 5.92 Å². The fraction of sp³-hybridized carbons (Fsp3) is 0.591. The van der Waals surface area contributed by atoms with Crippen LogP contribution in [0.3, 0.4) is 0 Å². The number of hydrogen-bond acceptors (Lipinski definition) is 5. The molecule has 2 aromatic heterocycles. The van der Waals surface area contributed by atoms with Gasteiger partial charge in [0.05, 0.1) is 6.04 Å². The van der Waals surface area contributed by atoms with Crippen molar-refractivity contribution in [2.75, 3.05) is 26.2 Å². The van der Waals surface area contributed by atoms with E-state index < -0.39 is 0 Å². The van der Waals surface area contributed by atoms with Crippen LogP contribution in [0.1, 0.15) is 66.6 Å². The van der Waals surface area contributed by atoms with Gasteiger partial charge in [-0.1, -0.05) is 25.8 Å². The Morgan fingerprint density at radius 2 is 2.17 bits per heavy atom. The molecule has 156 valence electrons. The van der Waals surface area contributed by atoms with Crippen LogP contribution in [-0.4, -0.2) is 46.5 Å². The molecular weight excluding hydrogens is 368 g/mol. The fourth-order valence-corrected chi connectivity index (χ4v) is 4.92. The van der Waals surface area contributed by atoms with Gasteiger partial charge in [0.1, 0.15) is 6.26 Å². The van der Waals surface area contributed by atoms with Gasteiger partial charge in [0.25, 0.3) is 11.5 Å². The SMILES string of the molecule is CCCCCN1C[C@H]2C[C@@H](C1)[C@H](CNC(=O)c1coc(C)n1)n1c2cccc1=O. The molecule has 0 unspecified atom stereocenters. The lowest BCUT2D eigenvalue weighted by atomic mass is 9.78. The Bertz CT molecular complexity index is 919. The number of aromatic nitrogens is 2. The standard InChI is InChI=1S/C22H30N4O3/c1-3-4-5-9-25-12-16-10-17(13-25)20(26-19(16)7-6-8-21(26)27)11-23-22(28)18-14-29-15(2)24-18/h6-8,14,16-17,20H,3-5,9-13H2,1-2H3,(H,23,28)/t16-,17+,20+/m1/s1. The highest BCUT2D eigenvalue weighted by Gasteiger charge is 2.40. The third kappa shape index (κ3) is 4.15. The Morgan fingerprint density at radius 3 is 2.93 bits per heavy atom. The smallest absolute Gasteiger partial charge is 0.273 e. The molecular formula is C22H30N4O3. The zero-order valence-corrected chi connectivity index (χ0v) is 17.3.